The minimum atomic E-state index is -3.62. The highest BCUT2D eigenvalue weighted by Crippen LogP contribution is 2.23. The van der Waals surface area contributed by atoms with Crippen molar-refractivity contribution in [1.82, 2.24) is 9.21 Å². The Morgan fingerprint density at radius 3 is 2.03 bits per heavy atom. The topological polar surface area (TPSA) is 73.0 Å². The predicted octanol–water partition coefficient (Wildman–Crippen LogP) is 3.35. The number of nitrogens with zero attached hydrogens (tertiary/aromatic N) is 3. The highest BCUT2D eigenvalue weighted by atomic mass is 32.2. The number of urea groups is 1. The van der Waals surface area contributed by atoms with Crippen molar-refractivity contribution in [1.29, 1.82) is 0 Å². The van der Waals surface area contributed by atoms with E-state index in [-0.39, 0.29) is 16.7 Å². The zero-order valence-electron chi connectivity index (χ0n) is 17.3. The number of piperidine rings is 1. The number of carbonyl (C=O) groups is 1. The number of hydrogen-bond donors (Lipinski definition) is 1. The smallest absolute Gasteiger partial charge is 0.321 e. The Morgan fingerprint density at radius 1 is 0.806 bits per heavy atom. The van der Waals surface area contributed by atoms with Gasteiger partial charge in [-0.3, -0.25) is 0 Å². The van der Waals surface area contributed by atoms with Crippen LogP contribution in [0.1, 0.15) is 19.3 Å². The second-order valence-electron chi connectivity index (χ2n) is 7.87. The number of hydrogen-bond acceptors (Lipinski definition) is 4. The first-order valence-corrected chi connectivity index (χ1v) is 12.0. The lowest BCUT2D eigenvalue weighted by Crippen LogP contribution is -2.48. The van der Waals surface area contributed by atoms with E-state index >= 15 is 0 Å². The molecule has 0 spiro atoms. The highest BCUT2D eigenvalue weighted by molar-refractivity contribution is 7.89. The van der Waals surface area contributed by atoms with Crippen molar-refractivity contribution in [3.63, 3.8) is 0 Å². The van der Waals surface area contributed by atoms with Crippen LogP contribution in [0.15, 0.2) is 53.4 Å². The standard InChI is InChI=1S/C22H27FN4O3S/c23-18-4-8-20(9-5-18)25-14-16-27(17-15-25)31(29,30)21-10-6-19(7-11-21)24-22(28)26-12-2-1-3-13-26/h4-11H,1-3,12-17H2,(H,24,28). The molecule has 7 nitrogen and oxygen atoms in total. The number of benzene rings is 2. The van der Waals surface area contributed by atoms with Gasteiger partial charge in [0, 0.05) is 50.6 Å². The fourth-order valence-electron chi connectivity index (χ4n) is 4.00. The van der Waals surface area contributed by atoms with Gasteiger partial charge >= 0.3 is 6.03 Å². The minimum Gasteiger partial charge on any atom is -0.369 e. The largest absolute Gasteiger partial charge is 0.369 e. The van der Waals surface area contributed by atoms with Crippen LogP contribution in [0.3, 0.4) is 0 Å². The first kappa shape index (κ1) is 21.6. The molecule has 1 N–H and O–H groups in total. The fourth-order valence-corrected chi connectivity index (χ4v) is 5.42. The third-order valence-electron chi connectivity index (χ3n) is 5.82. The average molecular weight is 447 g/mol. The zero-order chi connectivity index (χ0) is 21.8. The van der Waals surface area contributed by atoms with Gasteiger partial charge in [0.05, 0.1) is 4.90 Å². The minimum absolute atomic E-state index is 0.146. The maximum Gasteiger partial charge on any atom is 0.321 e. The molecule has 0 atom stereocenters. The molecule has 2 aromatic rings. The van der Waals surface area contributed by atoms with Crippen molar-refractivity contribution in [2.24, 2.45) is 0 Å². The van der Waals surface area contributed by atoms with Crippen LogP contribution in [0, 0.1) is 5.82 Å². The van der Waals surface area contributed by atoms with Crippen LogP contribution in [0.4, 0.5) is 20.6 Å². The van der Waals surface area contributed by atoms with E-state index in [0.717, 1.165) is 38.0 Å². The zero-order valence-corrected chi connectivity index (χ0v) is 18.2. The van der Waals surface area contributed by atoms with Crippen molar-refractivity contribution >= 4 is 27.4 Å². The monoisotopic (exact) mass is 446 g/mol. The van der Waals surface area contributed by atoms with Crippen LogP contribution in [0.25, 0.3) is 0 Å². The van der Waals surface area contributed by atoms with E-state index in [1.807, 2.05) is 4.90 Å². The molecule has 0 unspecified atom stereocenters. The van der Waals surface area contributed by atoms with E-state index < -0.39 is 10.0 Å². The van der Waals surface area contributed by atoms with E-state index in [1.165, 1.54) is 28.6 Å². The van der Waals surface area contributed by atoms with Crippen LogP contribution < -0.4 is 10.2 Å². The number of likely N-dealkylation sites (tertiary alicyclic amines) is 1. The van der Waals surface area contributed by atoms with Crippen LogP contribution in [-0.4, -0.2) is 62.9 Å². The Bertz CT molecular complexity index is 998. The third-order valence-corrected chi connectivity index (χ3v) is 7.73. The van der Waals surface area contributed by atoms with Crippen LogP contribution in [0.2, 0.25) is 0 Å². The maximum atomic E-state index is 13.1. The summed E-state index contributed by atoms with van der Waals surface area (Å²) < 4.78 is 40.6. The summed E-state index contributed by atoms with van der Waals surface area (Å²) in [7, 11) is -3.62. The third kappa shape index (κ3) is 4.99. The Kier molecular flexibility index (Phi) is 6.43. The molecular weight excluding hydrogens is 419 g/mol. The molecule has 2 fully saturated rings. The Balaban J connectivity index is 1.36. The van der Waals surface area contributed by atoms with E-state index in [9.17, 15) is 17.6 Å². The number of anilines is 2. The van der Waals surface area contributed by atoms with Gasteiger partial charge in [-0.15, -0.1) is 0 Å². The number of halogens is 1. The van der Waals surface area contributed by atoms with Gasteiger partial charge < -0.3 is 15.1 Å². The second-order valence-corrected chi connectivity index (χ2v) is 9.81. The summed E-state index contributed by atoms with van der Waals surface area (Å²) in [6, 6.07) is 12.4. The van der Waals surface area contributed by atoms with Gasteiger partial charge in [-0.05, 0) is 67.8 Å². The Labute approximate surface area is 182 Å². The number of sulfonamides is 1. The maximum absolute atomic E-state index is 13.1. The Hall–Kier alpha value is -2.65. The molecule has 9 heteroatoms. The quantitative estimate of drug-likeness (QED) is 0.782. The predicted molar refractivity (Wildman–Crippen MR) is 118 cm³/mol. The molecule has 2 aliphatic heterocycles. The highest BCUT2D eigenvalue weighted by Gasteiger charge is 2.28. The molecule has 166 valence electrons. The lowest BCUT2D eigenvalue weighted by Gasteiger charge is -2.35. The average Bonchev–Trinajstić information content (AvgIpc) is 2.80. The van der Waals surface area contributed by atoms with E-state index in [2.05, 4.69) is 5.32 Å². The normalized spacial score (nSPS) is 18.1. The summed E-state index contributed by atoms with van der Waals surface area (Å²) in [5.74, 6) is -0.291. The van der Waals surface area contributed by atoms with Gasteiger partial charge in [0.1, 0.15) is 5.82 Å². The van der Waals surface area contributed by atoms with Gasteiger partial charge in [0.25, 0.3) is 0 Å². The Morgan fingerprint density at radius 2 is 1.42 bits per heavy atom. The van der Waals surface area contributed by atoms with Crippen LogP contribution in [-0.2, 0) is 10.0 Å². The number of nitrogens with one attached hydrogen (secondary N) is 1. The van der Waals surface area contributed by atoms with Crippen molar-refractivity contribution in [2.75, 3.05) is 49.5 Å². The molecule has 0 bridgehead atoms. The van der Waals surface area contributed by atoms with Gasteiger partial charge in [0.2, 0.25) is 10.0 Å². The molecule has 0 saturated carbocycles. The number of piperazine rings is 1. The summed E-state index contributed by atoms with van der Waals surface area (Å²) >= 11 is 0. The molecule has 4 rings (SSSR count). The number of rotatable bonds is 4. The molecule has 2 saturated heterocycles. The van der Waals surface area contributed by atoms with Gasteiger partial charge in [-0.2, -0.15) is 4.31 Å². The van der Waals surface area contributed by atoms with Gasteiger partial charge in [0.15, 0.2) is 0 Å². The molecule has 2 heterocycles. The summed E-state index contributed by atoms with van der Waals surface area (Å²) in [6.45, 7) is 3.29. The van der Waals surface area contributed by atoms with Crippen LogP contribution in [0.5, 0.6) is 0 Å². The first-order chi connectivity index (χ1) is 14.9. The SMILES string of the molecule is O=C(Nc1ccc(S(=O)(=O)N2CCN(c3ccc(F)cc3)CC2)cc1)N1CCCCC1. The summed E-state index contributed by atoms with van der Waals surface area (Å²) in [5, 5.41) is 2.84. The summed E-state index contributed by atoms with van der Waals surface area (Å²) in [6.07, 6.45) is 3.17. The number of amides is 2. The van der Waals surface area contributed by atoms with Gasteiger partial charge in [-0.1, -0.05) is 0 Å². The molecular formula is C22H27FN4O3S. The van der Waals surface area contributed by atoms with E-state index in [4.69, 9.17) is 0 Å². The second kappa shape index (κ2) is 9.23. The number of carbonyl (C=O) groups excluding carboxylic acids is 1. The molecule has 0 aromatic heterocycles. The molecule has 2 aliphatic rings. The lowest BCUT2D eigenvalue weighted by atomic mass is 10.1. The molecule has 2 aromatic carbocycles. The fraction of sp³-hybridized carbons (Fsp3) is 0.409. The summed E-state index contributed by atoms with van der Waals surface area (Å²) in [4.78, 5) is 16.4. The van der Waals surface area contributed by atoms with Gasteiger partial charge in [-0.25, -0.2) is 17.6 Å². The van der Waals surface area contributed by atoms with E-state index in [1.54, 1.807) is 29.2 Å². The van der Waals surface area contributed by atoms with Crippen molar-refractivity contribution in [2.45, 2.75) is 24.2 Å². The first-order valence-electron chi connectivity index (χ1n) is 10.6. The van der Waals surface area contributed by atoms with Crippen molar-refractivity contribution in [3.8, 4) is 0 Å². The molecule has 0 aliphatic carbocycles. The van der Waals surface area contributed by atoms with Crippen molar-refractivity contribution in [3.05, 3.63) is 54.3 Å². The molecule has 2 amide bonds. The molecule has 0 radical (unpaired) electrons. The molecule has 31 heavy (non-hydrogen) atoms. The van der Waals surface area contributed by atoms with Crippen LogP contribution >= 0.6 is 0 Å². The van der Waals surface area contributed by atoms with E-state index in [0.29, 0.717) is 31.9 Å². The summed E-state index contributed by atoms with van der Waals surface area (Å²) in [5.41, 5.74) is 1.46. The van der Waals surface area contributed by atoms with Crippen molar-refractivity contribution < 1.29 is 17.6 Å². The lowest BCUT2D eigenvalue weighted by molar-refractivity contribution is 0.200.